The first-order chi connectivity index (χ1) is 13.0. The number of anilines is 1. The third kappa shape index (κ3) is 5.30. The number of hydrogen-bond acceptors (Lipinski definition) is 6. The molecular formula is C16H18F2N4O4S. The smallest absolute Gasteiger partial charge is 0.387 e. The van der Waals surface area contributed by atoms with E-state index in [4.69, 9.17) is 4.74 Å². The number of hydrogen-bond donors (Lipinski definition) is 2. The zero-order valence-electron chi connectivity index (χ0n) is 14.2. The number of thioether (sulfide) groups is 1. The second-order valence-electron chi connectivity index (χ2n) is 5.77. The first-order valence-electron chi connectivity index (χ1n) is 8.26. The van der Waals surface area contributed by atoms with Crippen LogP contribution in [0.3, 0.4) is 0 Å². The third-order valence-electron chi connectivity index (χ3n) is 3.84. The van der Waals surface area contributed by atoms with Crippen molar-refractivity contribution in [3.63, 3.8) is 0 Å². The van der Waals surface area contributed by atoms with Crippen LogP contribution in [0.25, 0.3) is 0 Å². The molecule has 1 aromatic carbocycles. The van der Waals surface area contributed by atoms with Crippen molar-refractivity contribution in [2.75, 3.05) is 17.7 Å². The SMILES string of the molecule is O=C(CSc1n[nH]c(=O)n1C[C@H]1CCCO1)Nc1ccccc1OC(F)F. The summed E-state index contributed by atoms with van der Waals surface area (Å²) in [6.45, 7) is -1.96. The number of amides is 1. The van der Waals surface area contributed by atoms with Crippen molar-refractivity contribution in [1.82, 2.24) is 14.8 Å². The topological polar surface area (TPSA) is 98.2 Å². The van der Waals surface area contributed by atoms with E-state index in [0.29, 0.717) is 18.3 Å². The lowest BCUT2D eigenvalue weighted by Crippen LogP contribution is -2.25. The first kappa shape index (κ1) is 19.4. The lowest BCUT2D eigenvalue weighted by atomic mass is 10.2. The van der Waals surface area contributed by atoms with E-state index in [0.717, 1.165) is 24.6 Å². The van der Waals surface area contributed by atoms with Crippen LogP contribution in [0.1, 0.15) is 12.8 Å². The molecule has 0 radical (unpaired) electrons. The molecule has 0 bridgehead atoms. The lowest BCUT2D eigenvalue weighted by Gasteiger charge is -2.12. The average molecular weight is 400 g/mol. The van der Waals surface area contributed by atoms with E-state index in [-0.39, 0.29) is 29.0 Å². The van der Waals surface area contributed by atoms with Gasteiger partial charge in [-0.3, -0.25) is 9.36 Å². The normalized spacial score (nSPS) is 16.6. The standard InChI is InChI=1S/C16H18F2N4O4S/c17-14(18)26-12-6-2-1-5-11(12)19-13(23)9-27-16-21-20-15(24)22(16)8-10-4-3-7-25-10/h1-2,5-6,10,14H,3-4,7-9H2,(H,19,23)(H,20,24)/t10-/m1/s1. The van der Waals surface area contributed by atoms with Gasteiger partial charge in [-0.2, -0.15) is 8.78 Å². The molecule has 1 aliphatic heterocycles. The van der Waals surface area contributed by atoms with Crippen LogP contribution in [0.2, 0.25) is 0 Å². The number of halogens is 2. The number of nitrogens with zero attached hydrogens (tertiary/aromatic N) is 2. The minimum absolute atomic E-state index is 0.0492. The molecule has 146 valence electrons. The second-order valence-corrected chi connectivity index (χ2v) is 6.71. The van der Waals surface area contributed by atoms with Crippen molar-refractivity contribution in [3.05, 3.63) is 34.7 Å². The van der Waals surface area contributed by atoms with E-state index < -0.39 is 12.5 Å². The van der Waals surface area contributed by atoms with Gasteiger partial charge in [-0.25, -0.2) is 9.89 Å². The van der Waals surface area contributed by atoms with Crippen molar-refractivity contribution >= 4 is 23.4 Å². The summed E-state index contributed by atoms with van der Waals surface area (Å²) in [5, 5.41) is 9.17. The quantitative estimate of drug-likeness (QED) is 0.659. The van der Waals surface area contributed by atoms with Gasteiger partial charge in [0.15, 0.2) is 5.16 Å². The second kappa shape index (κ2) is 9.00. The number of benzene rings is 1. The number of ether oxygens (including phenoxy) is 2. The molecule has 0 spiro atoms. The summed E-state index contributed by atoms with van der Waals surface area (Å²) < 4.78 is 36.2. The van der Waals surface area contributed by atoms with Gasteiger partial charge in [0.2, 0.25) is 5.91 Å². The van der Waals surface area contributed by atoms with Crippen LogP contribution in [0.5, 0.6) is 5.75 Å². The van der Waals surface area contributed by atoms with Gasteiger partial charge in [-0.1, -0.05) is 23.9 Å². The molecule has 1 aliphatic rings. The predicted octanol–water partition coefficient (Wildman–Crippen LogP) is 2.08. The van der Waals surface area contributed by atoms with Crippen LogP contribution in [-0.4, -0.2) is 45.7 Å². The highest BCUT2D eigenvalue weighted by molar-refractivity contribution is 7.99. The maximum Gasteiger partial charge on any atom is 0.387 e. The van der Waals surface area contributed by atoms with Crippen LogP contribution in [0.15, 0.2) is 34.2 Å². The monoisotopic (exact) mass is 400 g/mol. The molecule has 1 aromatic heterocycles. The number of aromatic nitrogens is 3. The third-order valence-corrected chi connectivity index (χ3v) is 4.82. The molecule has 1 saturated heterocycles. The van der Waals surface area contributed by atoms with Gasteiger partial charge in [0, 0.05) is 6.61 Å². The number of carbonyl (C=O) groups is 1. The number of rotatable bonds is 8. The number of carbonyl (C=O) groups excluding carboxylic acids is 1. The molecule has 2 N–H and O–H groups in total. The maximum atomic E-state index is 12.4. The Kier molecular flexibility index (Phi) is 6.45. The van der Waals surface area contributed by atoms with Crippen molar-refractivity contribution in [2.24, 2.45) is 0 Å². The molecule has 27 heavy (non-hydrogen) atoms. The Morgan fingerprint density at radius 3 is 3.04 bits per heavy atom. The Morgan fingerprint density at radius 1 is 1.48 bits per heavy atom. The van der Waals surface area contributed by atoms with Gasteiger partial charge in [0.1, 0.15) is 5.75 Å². The summed E-state index contributed by atoms with van der Waals surface area (Å²) in [6, 6.07) is 5.91. The van der Waals surface area contributed by atoms with Crippen LogP contribution in [0, 0.1) is 0 Å². The van der Waals surface area contributed by atoms with E-state index in [1.54, 1.807) is 6.07 Å². The van der Waals surface area contributed by atoms with Crippen LogP contribution in [-0.2, 0) is 16.1 Å². The molecule has 11 heteroatoms. The molecular weight excluding hydrogens is 382 g/mol. The lowest BCUT2D eigenvalue weighted by molar-refractivity contribution is -0.113. The minimum atomic E-state index is -2.99. The molecule has 1 fully saturated rings. The van der Waals surface area contributed by atoms with Crippen LogP contribution in [0.4, 0.5) is 14.5 Å². The van der Waals surface area contributed by atoms with Gasteiger partial charge in [-0.05, 0) is 25.0 Å². The van der Waals surface area contributed by atoms with Gasteiger partial charge in [0.25, 0.3) is 0 Å². The Balaban J connectivity index is 1.59. The van der Waals surface area contributed by atoms with Gasteiger partial charge in [-0.15, -0.1) is 5.10 Å². The van der Waals surface area contributed by atoms with Crippen molar-refractivity contribution in [3.8, 4) is 5.75 Å². The van der Waals surface area contributed by atoms with E-state index >= 15 is 0 Å². The van der Waals surface area contributed by atoms with Crippen molar-refractivity contribution in [2.45, 2.75) is 37.3 Å². The summed E-state index contributed by atoms with van der Waals surface area (Å²) in [4.78, 5) is 24.1. The highest BCUT2D eigenvalue weighted by Crippen LogP contribution is 2.26. The molecule has 0 aliphatic carbocycles. The van der Waals surface area contributed by atoms with Crippen LogP contribution < -0.4 is 15.7 Å². The fourth-order valence-electron chi connectivity index (χ4n) is 2.65. The zero-order chi connectivity index (χ0) is 19.2. The number of para-hydroxylation sites is 2. The first-order valence-corrected chi connectivity index (χ1v) is 9.25. The highest BCUT2D eigenvalue weighted by Gasteiger charge is 2.20. The summed E-state index contributed by atoms with van der Waals surface area (Å²) in [5.41, 5.74) is -0.230. The fourth-order valence-corrected chi connectivity index (χ4v) is 3.41. The largest absolute Gasteiger partial charge is 0.433 e. The van der Waals surface area contributed by atoms with E-state index in [1.165, 1.54) is 22.8 Å². The number of H-pyrrole nitrogens is 1. The molecule has 8 nitrogen and oxygen atoms in total. The molecule has 0 saturated carbocycles. The molecule has 3 rings (SSSR count). The molecule has 1 atom stereocenters. The maximum absolute atomic E-state index is 12.4. The Labute approximate surface area is 157 Å². The van der Waals surface area contributed by atoms with Gasteiger partial charge >= 0.3 is 12.3 Å². The van der Waals surface area contributed by atoms with Crippen molar-refractivity contribution < 1.29 is 23.0 Å². The van der Waals surface area contributed by atoms with Gasteiger partial charge < -0.3 is 14.8 Å². The fraction of sp³-hybridized carbons (Fsp3) is 0.438. The minimum Gasteiger partial charge on any atom is -0.433 e. The zero-order valence-corrected chi connectivity index (χ0v) is 15.0. The van der Waals surface area contributed by atoms with Gasteiger partial charge in [0.05, 0.1) is 24.1 Å². The molecule has 0 unspecified atom stereocenters. The number of nitrogens with one attached hydrogen (secondary N) is 2. The van der Waals surface area contributed by atoms with Crippen LogP contribution >= 0.6 is 11.8 Å². The summed E-state index contributed by atoms with van der Waals surface area (Å²) >= 11 is 1.06. The molecule has 2 aromatic rings. The van der Waals surface area contributed by atoms with Crippen molar-refractivity contribution in [1.29, 1.82) is 0 Å². The summed E-state index contributed by atoms with van der Waals surface area (Å²) in [6.07, 6.45) is 1.76. The number of aromatic amines is 1. The van der Waals surface area contributed by atoms with E-state index in [9.17, 15) is 18.4 Å². The Hall–Kier alpha value is -2.40. The van der Waals surface area contributed by atoms with E-state index in [1.807, 2.05) is 0 Å². The Bertz CT molecular complexity index is 836. The predicted molar refractivity (Wildman–Crippen MR) is 94.2 cm³/mol. The number of alkyl halides is 2. The molecule has 1 amide bonds. The highest BCUT2D eigenvalue weighted by atomic mass is 32.2. The average Bonchev–Trinajstić information content (AvgIpc) is 3.26. The molecule has 2 heterocycles. The Morgan fingerprint density at radius 2 is 2.30 bits per heavy atom. The summed E-state index contributed by atoms with van der Waals surface area (Å²) in [5.74, 6) is -0.621. The van der Waals surface area contributed by atoms with E-state index in [2.05, 4.69) is 20.3 Å². The summed E-state index contributed by atoms with van der Waals surface area (Å²) in [7, 11) is 0.